The average molecular weight is 575 g/mol. The first kappa shape index (κ1) is 30.0. The van der Waals surface area contributed by atoms with Crippen molar-refractivity contribution in [2.24, 2.45) is 0 Å². The van der Waals surface area contributed by atoms with E-state index in [1.165, 1.54) is 18.3 Å². The number of carbonyl (C=O) groups excluding carboxylic acids is 2. The Morgan fingerprint density at radius 1 is 1.11 bits per heavy atom. The monoisotopic (exact) mass is 573 g/mol. The van der Waals surface area contributed by atoms with Gasteiger partial charge in [0.1, 0.15) is 10.8 Å². The zero-order valence-corrected chi connectivity index (χ0v) is 24.7. The molecule has 0 spiro atoms. The van der Waals surface area contributed by atoms with E-state index in [1.54, 1.807) is 39.4 Å². The molecule has 2 aromatic carbocycles. The minimum Gasteiger partial charge on any atom is -0.496 e. The largest absolute Gasteiger partial charge is 0.496 e. The Hall–Kier alpha value is -2.51. The number of carbonyl (C=O) groups is 2. The van der Waals surface area contributed by atoms with E-state index >= 15 is 0 Å². The fourth-order valence-corrected chi connectivity index (χ4v) is 5.56. The molecule has 202 valence electrons. The lowest BCUT2D eigenvalue weighted by molar-refractivity contribution is -0.113. The van der Waals surface area contributed by atoms with Crippen molar-refractivity contribution < 1.29 is 19.1 Å². The number of Topliss-reactive ketones (excluding diaryl/α,β-unsaturated/α-hetero) is 2. The minimum atomic E-state index is -0.149. The van der Waals surface area contributed by atoms with Gasteiger partial charge < -0.3 is 9.47 Å². The van der Waals surface area contributed by atoms with Gasteiger partial charge in [-0.05, 0) is 50.1 Å². The van der Waals surface area contributed by atoms with E-state index < -0.39 is 0 Å². The third kappa shape index (κ3) is 7.32. The first-order chi connectivity index (χ1) is 18.2. The summed E-state index contributed by atoms with van der Waals surface area (Å²) in [6, 6.07) is 9.15. The smallest absolute Gasteiger partial charge is 0.169 e. The number of ketones is 2. The van der Waals surface area contributed by atoms with Gasteiger partial charge in [-0.2, -0.15) is 0 Å². The molecule has 0 bridgehead atoms. The maximum atomic E-state index is 13.1. The molecule has 8 heteroatoms. The summed E-state index contributed by atoms with van der Waals surface area (Å²) in [5, 5.41) is 3.23. The molecule has 3 aromatic rings. The van der Waals surface area contributed by atoms with Crippen molar-refractivity contribution in [1.29, 1.82) is 0 Å². The number of halogens is 2. The van der Waals surface area contributed by atoms with Gasteiger partial charge in [0, 0.05) is 34.7 Å². The highest BCUT2D eigenvalue weighted by Gasteiger charge is 2.21. The van der Waals surface area contributed by atoms with Crippen LogP contribution in [0.2, 0.25) is 10.0 Å². The maximum Gasteiger partial charge on any atom is 0.169 e. The number of unbranched alkanes of at least 4 members (excludes halogenated alkanes) is 2. The molecule has 1 aromatic heterocycles. The van der Waals surface area contributed by atoms with E-state index in [9.17, 15) is 9.59 Å². The summed E-state index contributed by atoms with van der Waals surface area (Å²) in [6.07, 6.45) is 5.96. The molecule has 3 rings (SSSR count). The Morgan fingerprint density at radius 3 is 2.42 bits per heavy atom. The Balaban J connectivity index is 1.84. The minimum absolute atomic E-state index is 0.0670. The Bertz CT molecular complexity index is 1310. The second kappa shape index (κ2) is 14.0. The molecule has 0 aliphatic rings. The molecule has 1 unspecified atom stereocenters. The van der Waals surface area contributed by atoms with Crippen LogP contribution in [0.25, 0.3) is 17.3 Å². The van der Waals surface area contributed by atoms with Crippen LogP contribution < -0.4 is 4.74 Å². The number of rotatable bonds is 13. The Morgan fingerprint density at radius 2 is 1.82 bits per heavy atom. The first-order valence-corrected chi connectivity index (χ1v) is 14.2. The van der Waals surface area contributed by atoms with Gasteiger partial charge in [-0.3, -0.25) is 9.59 Å². The van der Waals surface area contributed by atoms with E-state index in [4.69, 9.17) is 37.7 Å². The summed E-state index contributed by atoms with van der Waals surface area (Å²) in [7, 11) is 3.38. The van der Waals surface area contributed by atoms with Crippen molar-refractivity contribution in [3.05, 3.63) is 73.0 Å². The van der Waals surface area contributed by atoms with Gasteiger partial charge in [0.05, 0.1) is 35.4 Å². The normalized spacial score (nSPS) is 12.4. The van der Waals surface area contributed by atoms with Crippen LogP contribution in [0.5, 0.6) is 5.75 Å². The summed E-state index contributed by atoms with van der Waals surface area (Å²) in [6.45, 7) is 5.35. The lowest BCUT2D eigenvalue weighted by Gasteiger charge is -2.20. The molecular formula is C30H33Cl2NO4S. The van der Waals surface area contributed by atoms with Gasteiger partial charge in [0.25, 0.3) is 0 Å². The van der Waals surface area contributed by atoms with Crippen LogP contribution in [-0.4, -0.2) is 30.8 Å². The molecule has 1 heterocycles. The number of para-hydroxylation sites is 1. The molecule has 0 radical (unpaired) electrons. The highest BCUT2D eigenvalue weighted by molar-refractivity contribution is 7.10. The van der Waals surface area contributed by atoms with Crippen LogP contribution in [0, 0.1) is 0 Å². The fourth-order valence-electron chi connectivity index (χ4n) is 4.17. The Labute approximate surface area is 238 Å². The van der Waals surface area contributed by atoms with Crippen LogP contribution in [0.15, 0.2) is 41.3 Å². The van der Waals surface area contributed by atoms with Crippen molar-refractivity contribution in [3.8, 4) is 17.0 Å². The zero-order valence-electron chi connectivity index (χ0n) is 22.4. The standard InChI is InChI=1S/C30H33Cl2NO4S/c1-6-7-8-12-28(36-4)22-11-9-10-21(30(22)37-5)26-17-38-29(33-26)16-27(35)20-14-24(31)23(25(32)15-20)13-18(2)19(3)34/h9-11,13-15,17,28H,6-8,12,16H2,1-5H3/b18-13+. The number of ether oxygens (including phenoxy) is 2. The van der Waals surface area contributed by atoms with Gasteiger partial charge in [-0.15, -0.1) is 11.3 Å². The van der Waals surface area contributed by atoms with Crippen molar-refractivity contribution in [2.45, 2.75) is 59.0 Å². The molecule has 0 aliphatic heterocycles. The third-order valence-electron chi connectivity index (χ3n) is 6.41. The number of benzene rings is 2. The number of thiazole rings is 1. The van der Waals surface area contributed by atoms with Gasteiger partial charge in [0.15, 0.2) is 11.6 Å². The Kier molecular flexibility index (Phi) is 11.1. The summed E-state index contributed by atoms with van der Waals surface area (Å²) >= 11 is 14.2. The highest BCUT2D eigenvalue weighted by atomic mass is 35.5. The SMILES string of the molecule is CCCCCC(OC)c1cccc(-c2csc(CC(=O)c3cc(Cl)c(/C=C(\C)C(C)=O)c(Cl)c3)n2)c1OC. The quantitative estimate of drug-likeness (QED) is 0.116. The van der Waals surface area contributed by atoms with Crippen LogP contribution in [0.3, 0.4) is 0 Å². The average Bonchev–Trinajstić information content (AvgIpc) is 3.36. The second-order valence-corrected chi connectivity index (χ2v) is 10.9. The molecular weight excluding hydrogens is 541 g/mol. The van der Waals surface area contributed by atoms with Crippen molar-refractivity contribution in [1.82, 2.24) is 4.98 Å². The number of allylic oxidation sites excluding steroid dienone is 1. The number of hydrogen-bond donors (Lipinski definition) is 0. The van der Waals surface area contributed by atoms with Crippen LogP contribution in [0.4, 0.5) is 0 Å². The number of methoxy groups -OCH3 is 2. The van der Waals surface area contributed by atoms with E-state index in [2.05, 4.69) is 6.92 Å². The fraction of sp³-hybridized carbons (Fsp3) is 0.367. The molecule has 0 N–H and O–H groups in total. The molecule has 5 nitrogen and oxygen atoms in total. The second-order valence-electron chi connectivity index (χ2n) is 9.11. The van der Waals surface area contributed by atoms with Gasteiger partial charge >= 0.3 is 0 Å². The van der Waals surface area contributed by atoms with E-state index in [-0.39, 0.29) is 24.1 Å². The topological polar surface area (TPSA) is 65.5 Å². The van der Waals surface area contributed by atoms with Crippen LogP contribution in [-0.2, 0) is 16.0 Å². The summed E-state index contributed by atoms with van der Waals surface area (Å²) in [5.41, 5.74) is 4.04. The molecule has 0 aliphatic carbocycles. The lowest BCUT2D eigenvalue weighted by Crippen LogP contribution is -2.05. The number of nitrogens with zero attached hydrogens (tertiary/aromatic N) is 1. The van der Waals surface area contributed by atoms with E-state index in [0.717, 1.165) is 48.3 Å². The highest BCUT2D eigenvalue weighted by Crippen LogP contribution is 2.39. The summed E-state index contributed by atoms with van der Waals surface area (Å²) in [5.74, 6) is 0.514. The first-order valence-electron chi connectivity index (χ1n) is 12.6. The van der Waals surface area contributed by atoms with Gasteiger partial charge in [-0.1, -0.05) is 61.5 Å². The van der Waals surface area contributed by atoms with E-state index in [1.807, 2.05) is 23.6 Å². The van der Waals surface area contributed by atoms with Gasteiger partial charge in [-0.25, -0.2) is 4.98 Å². The number of hydrogen-bond acceptors (Lipinski definition) is 6. The molecule has 0 amide bonds. The summed E-state index contributed by atoms with van der Waals surface area (Å²) < 4.78 is 11.6. The van der Waals surface area contributed by atoms with Gasteiger partial charge in [0.2, 0.25) is 0 Å². The third-order valence-corrected chi connectivity index (χ3v) is 7.88. The molecule has 0 saturated carbocycles. The molecule has 38 heavy (non-hydrogen) atoms. The molecule has 1 atom stereocenters. The predicted octanol–water partition coefficient (Wildman–Crippen LogP) is 8.81. The lowest BCUT2D eigenvalue weighted by atomic mass is 9.98. The number of aromatic nitrogens is 1. The van der Waals surface area contributed by atoms with Crippen molar-refractivity contribution in [3.63, 3.8) is 0 Å². The molecule has 0 fully saturated rings. The maximum absolute atomic E-state index is 13.1. The predicted molar refractivity (Wildman–Crippen MR) is 157 cm³/mol. The van der Waals surface area contributed by atoms with E-state index in [0.29, 0.717) is 31.8 Å². The molecule has 0 saturated heterocycles. The van der Waals surface area contributed by atoms with Crippen molar-refractivity contribution >= 4 is 52.2 Å². The van der Waals surface area contributed by atoms with Crippen molar-refractivity contribution in [2.75, 3.05) is 14.2 Å². The zero-order chi connectivity index (χ0) is 27.8. The van der Waals surface area contributed by atoms with Crippen LogP contribution >= 0.6 is 34.5 Å². The summed E-state index contributed by atoms with van der Waals surface area (Å²) in [4.78, 5) is 29.4. The van der Waals surface area contributed by atoms with Crippen LogP contribution in [0.1, 0.15) is 79.1 Å².